The van der Waals surface area contributed by atoms with E-state index < -0.39 is 33.9 Å². The third-order valence-corrected chi connectivity index (χ3v) is 7.23. The van der Waals surface area contributed by atoms with Crippen LogP contribution in [0.25, 0.3) is 0 Å². The summed E-state index contributed by atoms with van der Waals surface area (Å²) in [5, 5.41) is 12.5. The molecule has 1 aliphatic heterocycles. The number of amides is 1. The van der Waals surface area contributed by atoms with Gasteiger partial charge in [-0.2, -0.15) is 4.31 Å². The molecule has 0 saturated carbocycles. The van der Waals surface area contributed by atoms with E-state index in [1.54, 1.807) is 24.3 Å². The summed E-state index contributed by atoms with van der Waals surface area (Å²) in [6.45, 7) is 0.315. The number of sulfonamides is 1. The van der Waals surface area contributed by atoms with Gasteiger partial charge in [0.1, 0.15) is 6.04 Å². The summed E-state index contributed by atoms with van der Waals surface area (Å²) < 4.78 is 27.1. The third-order valence-electron chi connectivity index (χ3n) is 5.10. The predicted molar refractivity (Wildman–Crippen MR) is 113 cm³/mol. The molecule has 3 rings (SSSR count). The van der Waals surface area contributed by atoms with Crippen molar-refractivity contribution in [2.45, 2.75) is 30.2 Å². The van der Waals surface area contributed by atoms with Crippen molar-refractivity contribution in [1.82, 2.24) is 9.62 Å². The second-order valence-corrected chi connectivity index (χ2v) is 9.62. The van der Waals surface area contributed by atoms with Crippen molar-refractivity contribution in [1.29, 1.82) is 0 Å². The lowest BCUT2D eigenvalue weighted by Gasteiger charge is -2.31. The molecule has 0 aromatic heterocycles. The number of piperidine rings is 1. The van der Waals surface area contributed by atoms with Crippen LogP contribution < -0.4 is 5.32 Å². The maximum atomic E-state index is 12.9. The van der Waals surface area contributed by atoms with Gasteiger partial charge in [-0.1, -0.05) is 41.9 Å². The van der Waals surface area contributed by atoms with Gasteiger partial charge in [-0.05, 0) is 42.7 Å². The first-order valence-corrected chi connectivity index (χ1v) is 11.4. The van der Waals surface area contributed by atoms with Crippen LogP contribution in [0.3, 0.4) is 0 Å². The highest BCUT2D eigenvalue weighted by molar-refractivity contribution is 7.89. The van der Waals surface area contributed by atoms with Gasteiger partial charge >= 0.3 is 5.97 Å². The van der Waals surface area contributed by atoms with Gasteiger partial charge in [0.25, 0.3) is 0 Å². The number of carbonyl (C=O) groups is 2. The first kappa shape index (κ1) is 22.3. The normalized spacial score (nSPS) is 18.5. The standard InChI is InChI=1S/C21H23ClN2O5S/c22-17-8-10-18(11-9-17)30(28,29)24-12-4-7-16(14-24)20(25)23-19(21(26)27)13-15-5-2-1-3-6-15/h1-3,5-6,8-11,16,19H,4,7,12-14H2,(H,23,25)(H,26,27)/t16?,19-/m1/s1. The number of hydrogen-bond acceptors (Lipinski definition) is 4. The number of carbonyl (C=O) groups excluding carboxylic acids is 1. The van der Waals surface area contributed by atoms with Gasteiger partial charge in [0.15, 0.2) is 0 Å². The monoisotopic (exact) mass is 450 g/mol. The van der Waals surface area contributed by atoms with Crippen molar-refractivity contribution in [3.05, 3.63) is 65.2 Å². The molecule has 1 saturated heterocycles. The summed E-state index contributed by atoms with van der Waals surface area (Å²) in [6.07, 6.45) is 1.17. The number of hydrogen-bond donors (Lipinski definition) is 2. The molecule has 0 aliphatic carbocycles. The van der Waals surface area contributed by atoms with E-state index in [1.165, 1.54) is 28.6 Å². The Balaban J connectivity index is 1.68. The van der Waals surface area contributed by atoms with Crippen molar-refractivity contribution in [2.24, 2.45) is 5.92 Å². The van der Waals surface area contributed by atoms with Gasteiger partial charge in [0.05, 0.1) is 10.8 Å². The molecule has 0 bridgehead atoms. The molecular formula is C21H23ClN2O5S. The molecule has 2 aromatic carbocycles. The highest BCUT2D eigenvalue weighted by Crippen LogP contribution is 2.25. The lowest BCUT2D eigenvalue weighted by molar-refractivity contribution is -0.142. The molecule has 1 fully saturated rings. The molecule has 2 atom stereocenters. The molecule has 0 spiro atoms. The summed E-state index contributed by atoms with van der Waals surface area (Å²) in [5.74, 6) is -2.19. The number of aliphatic carboxylic acids is 1. The fraction of sp³-hybridized carbons (Fsp3) is 0.333. The van der Waals surface area contributed by atoms with Crippen LogP contribution in [0.15, 0.2) is 59.5 Å². The Hall–Kier alpha value is -2.42. The van der Waals surface area contributed by atoms with Gasteiger partial charge in [-0.15, -0.1) is 0 Å². The first-order valence-electron chi connectivity index (χ1n) is 9.60. The van der Waals surface area contributed by atoms with Gasteiger partial charge in [0, 0.05) is 24.5 Å². The average Bonchev–Trinajstić information content (AvgIpc) is 2.74. The Morgan fingerprint density at radius 1 is 1.13 bits per heavy atom. The molecule has 1 aliphatic rings. The summed E-state index contributed by atoms with van der Waals surface area (Å²) in [7, 11) is -3.76. The van der Waals surface area contributed by atoms with Gasteiger partial charge in [-0.3, -0.25) is 4.79 Å². The number of nitrogens with one attached hydrogen (secondary N) is 1. The summed E-state index contributed by atoms with van der Waals surface area (Å²) in [4.78, 5) is 24.5. The topological polar surface area (TPSA) is 104 Å². The Bertz CT molecular complexity index is 996. The Morgan fingerprint density at radius 3 is 2.43 bits per heavy atom. The van der Waals surface area contributed by atoms with Crippen LogP contribution in [0.4, 0.5) is 0 Å². The van der Waals surface area contributed by atoms with Crippen LogP contribution in [0.2, 0.25) is 5.02 Å². The molecule has 1 amide bonds. The van der Waals surface area contributed by atoms with E-state index in [9.17, 15) is 23.1 Å². The summed E-state index contributed by atoms with van der Waals surface area (Å²) in [6, 6.07) is 13.8. The molecule has 2 aromatic rings. The van der Waals surface area contributed by atoms with Crippen LogP contribution in [0, 0.1) is 5.92 Å². The van der Waals surface area contributed by atoms with Gasteiger partial charge in [0.2, 0.25) is 15.9 Å². The maximum absolute atomic E-state index is 12.9. The third kappa shape index (κ3) is 5.38. The predicted octanol–water partition coefficient (Wildman–Crippen LogP) is 2.55. The maximum Gasteiger partial charge on any atom is 0.326 e. The van der Waals surface area contributed by atoms with E-state index in [-0.39, 0.29) is 17.9 Å². The second-order valence-electron chi connectivity index (χ2n) is 7.25. The molecule has 30 heavy (non-hydrogen) atoms. The highest BCUT2D eigenvalue weighted by Gasteiger charge is 2.34. The molecule has 7 nitrogen and oxygen atoms in total. The number of halogens is 1. The largest absolute Gasteiger partial charge is 0.480 e. The Morgan fingerprint density at radius 2 is 1.80 bits per heavy atom. The number of rotatable bonds is 7. The molecule has 0 radical (unpaired) electrons. The van der Waals surface area contributed by atoms with Gasteiger partial charge < -0.3 is 10.4 Å². The van der Waals surface area contributed by atoms with E-state index in [1.807, 2.05) is 6.07 Å². The minimum Gasteiger partial charge on any atom is -0.480 e. The fourth-order valence-electron chi connectivity index (χ4n) is 3.47. The summed E-state index contributed by atoms with van der Waals surface area (Å²) >= 11 is 5.83. The molecule has 9 heteroatoms. The minimum atomic E-state index is -3.76. The van der Waals surface area contributed by atoms with Crippen LogP contribution in [0.5, 0.6) is 0 Å². The number of benzene rings is 2. The zero-order valence-corrected chi connectivity index (χ0v) is 17.8. The van der Waals surface area contributed by atoms with Gasteiger partial charge in [-0.25, -0.2) is 13.2 Å². The van der Waals surface area contributed by atoms with Crippen LogP contribution >= 0.6 is 11.6 Å². The minimum absolute atomic E-state index is 0.00840. The van der Waals surface area contributed by atoms with Crippen LogP contribution in [0.1, 0.15) is 18.4 Å². The van der Waals surface area contributed by atoms with E-state index in [2.05, 4.69) is 5.32 Å². The van der Waals surface area contributed by atoms with E-state index in [4.69, 9.17) is 11.6 Å². The Kier molecular flexibility index (Phi) is 7.12. The zero-order valence-electron chi connectivity index (χ0n) is 16.2. The van der Waals surface area contributed by atoms with E-state index in [0.717, 1.165) is 5.56 Å². The lowest BCUT2D eigenvalue weighted by atomic mass is 9.97. The fourth-order valence-corrected chi connectivity index (χ4v) is 5.12. The van der Waals surface area contributed by atoms with Crippen molar-refractivity contribution < 1.29 is 23.1 Å². The molecular weight excluding hydrogens is 428 g/mol. The second kappa shape index (κ2) is 9.59. The van der Waals surface area contributed by atoms with E-state index >= 15 is 0 Å². The zero-order chi connectivity index (χ0) is 21.7. The van der Waals surface area contributed by atoms with Crippen LogP contribution in [-0.4, -0.2) is 48.8 Å². The molecule has 2 N–H and O–H groups in total. The molecule has 1 heterocycles. The Labute approximate surface area is 180 Å². The van der Waals surface area contributed by atoms with Crippen molar-refractivity contribution in [3.63, 3.8) is 0 Å². The SMILES string of the molecule is O=C(N[C@H](Cc1ccccc1)C(=O)O)C1CCCN(S(=O)(=O)c2ccc(Cl)cc2)C1. The van der Waals surface area contributed by atoms with E-state index in [0.29, 0.717) is 24.4 Å². The molecule has 1 unspecified atom stereocenters. The van der Waals surface area contributed by atoms with Crippen LogP contribution in [-0.2, 0) is 26.0 Å². The molecule has 160 valence electrons. The smallest absolute Gasteiger partial charge is 0.326 e. The van der Waals surface area contributed by atoms with Crippen molar-refractivity contribution in [2.75, 3.05) is 13.1 Å². The average molecular weight is 451 g/mol. The number of nitrogens with zero attached hydrogens (tertiary/aromatic N) is 1. The first-order chi connectivity index (χ1) is 14.3. The highest BCUT2D eigenvalue weighted by atomic mass is 35.5. The van der Waals surface area contributed by atoms with Crippen molar-refractivity contribution in [3.8, 4) is 0 Å². The lowest BCUT2D eigenvalue weighted by Crippen LogP contribution is -2.50. The van der Waals surface area contributed by atoms with Crippen molar-refractivity contribution >= 4 is 33.5 Å². The summed E-state index contributed by atoms with van der Waals surface area (Å²) in [5.41, 5.74) is 0.792. The number of carboxylic acids is 1. The number of carboxylic acid groups (broad SMARTS) is 1. The quantitative estimate of drug-likeness (QED) is 0.674.